The van der Waals surface area contributed by atoms with Crippen LogP contribution in [0.15, 0.2) is 36.4 Å². The van der Waals surface area contributed by atoms with E-state index in [1.54, 1.807) is 6.92 Å². The number of hydrogen-bond acceptors (Lipinski definition) is 4. The number of ketones is 1. The van der Waals surface area contributed by atoms with Gasteiger partial charge in [-0.05, 0) is 42.2 Å². The predicted molar refractivity (Wildman–Crippen MR) is 88.7 cm³/mol. The Morgan fingerprint density at radius 1 is 1.21 bits per heavy atom. The zero-order chi connectivity index (χ0) is 16.8. The first-order valence-corrected chi connectivity index (χ1v) is 8.17. The molecule has 0 saturated carbocycles. The summed E-state index contributed by atoms with van der Waals surface area (Å²) in [4.78, 5) is 38.9. The van der Waals surface area contributed by atoms with Crippen LogP contribution in [0, 0.1) is 5.92 Å². The highest BCUT2D eigenvalue weighted by Gasteiger charge is 2.53. The highest BCUT2D eigenvalue weighted by molar-refractivity contribution is 6.29. The second-order valence-corrected chi connectivity index (χ2v) is 6.13. The third-order valence-corrected chi connectivity index (χ3v) is 4.87. The van der Waals surface area contributed by atoms with E-state index in [2.05, 4.69) is 0 Å². The molecule has 5 heteroatoms. The average Bonchev–Trinajstić information content (AvgIpc) is 2.86. The lowest BCUT2D eigenvalue weighted by atomic mass is 9.91. The van der Waals surface area contributed by atoms with Gasteiger partial charge in [-0.15, -0.1) is 0 Å². The van der Waals surface area contributed by atoms with Crippen molar-refractivity contribution in [1.82, 2.24) is 0 Å². The fourth-order valence-electron chi connectivity index (χ4n) is 3.83. The molecule has 1 amide bonds. The maximum Gasteiger partial charge on any atom is 0.326 e. The van der Waals surface area contributed by atoms with Crippen molar-refractivity contribution in [3.63, 3.8) is 0 Å². The Bertz CT molecular complexity index is 873. The number of carbonyl (C=O) groups is 3. The number of anilines is 1. The first kappa shape index (κ1) is 14.9. The van der Waals surface area contributed by atoms with Crippen LogP contribution in [0.3, 0.4) is 0 Å². The summed E-state index contributed by atoms with van der Waals surface area (Å²) in [5.41, 5.74) is 1.81. The van der Waals surface area contributed by atoms with Crippen molar-refractivity contribution in [2.45, 2.75) is 25.8 Å². The molecule has 1 fully saturated rings. The van der Waals surface area contributed by atoms with Crippen LogP contribution in [0.4, 0.5) is 5.69 Å². The number of carbonyl (C=O) groups excluding carboxylic acids is 3. The minimum Gasteiger partial charge on any atom is -0.465 e. The molecule has 2 atom stereocenters. The van der Waals surface area contributed by atoms with Crippen LogP contribution < -0.4 is 4.90 Å². The first-order chi connectivity index (χ1) is 11.6. The number of esters is 1. The second-order valence-electron chi connectivity index (χ2n) is 6.13. The van der Waals surface area contributed by atoms with E-state index in [0.29, 0.717) is 12.8 Å². The molecule has 122 valence electrons. The van der Waals surface area contributed by atoms with Crippen molar-refractivity contribution in [2.24, 2.45) is 5.92 Å². The minimum absolute atomic E-state index is 0.155. The number of nitrogens with zero attached hydrogens (tertiary/aromatic N) is 1. The molecule has 2 aromatic carbocycles. The molecule has 1 saturated heterocycles. The van der Waals surface area contributed by atoms with Gasteiger partial charge >= 0.3 is 5.97 Å². The lowest BCUT2D eigenvalue weighted by Crippen LogP contribution is -2.39. The summed E-state index contributed by atoms with van der Waals surface area (Å²) in [6.07, 6.45) is 1.26. The summed E-state index contributed by atoms with van der Waals surface area (Å²) >= 11 is 0. The van der Waals surface area contributed by atoms with Gasteiger partial charge in [0.05, 0.1) is 12.6 Å². The molecular formula is C19H17NO4. The zero-order valence-electron chi connectivity index (χ0n) is 13.3. The highest BCUT2D eigenvalue weighted by atomic mass is 16.5. The summed E-state index contributed by atoms with van der Waals surface area (Å²) in [7, 11) is 0. The standard InChI is InChI=1S/C19H17NO4/c1-2-24-19(23)16-17(21)15-10-8-13-12-6-4-3-5-11(12)7-9-14(13)20(15)18(16)22/h3-7,9,15-16H,2,8,10H2,1H3. The molecular weight excluding hydrogens is 306 g/mol. The molecule has 0 aromatic heterocycles. The molecule has 0 aliphatic carbocycles. The van der Waals surface area contributed by atoms with Gasteiger partial charge in [-0.1, -0.05) is 30.3 Å². The van der Waals surface area contributed by atoms with Crippen molar-refractivity contribution in [3.05, 3.63) is 42.0 Å². The smallest absolute Gasteiger partial charge is 0.326 e. The summed E-state index contributed by atoms with van der Waals surface area (Å²) in [5, 5.41) is 2.20. The third kappa shape index (κ3) is 1.97. The molecule has 2 aliphatic heterocycles. The Morgan fingerprint density at radius 3 is 2.79 bits per heavy atom. The van der Waals surface area contributed by atoms with Crippen molar-refractivity contribution in [3.8, 4) is 0 Å². The van der Waals surface area contributed by atoms with E-state index >= 15 is 0 Å². The third-order valence-electron chi connectivity index (χ3n) is 4.87. The maximum absolute atomic E-state index is 12.8. The van der Waals surface area contributed by atoms with Crippen LogP contribution in [0.5, 0.6) is 0 Å². The van der Waals surface area contributed by atoms with Gasteiger partial charge in [-0.25, -0.2) is 0 Å². The van der Waals surface area contributed by atoms with Crippen molar-refractivity contribution in [2.75, 3.05) is 11.5 Å². The van der Waals surface area contributed by atoms with E-state index in [0.717, 1.165) is 22.0 Å². The van der Waals surface area contributed by atoms with E-state index < -0.39 is 23.8 Å². The van der Waals surface area contributed by atoms with Gasteiger partial charge < -0.3 is 9.64 Å². The molecule has 5 nitrogen and oxygen atoms in total. The first-order valence-electron chi connectivity index (χ1n) is 8.17. The average molecular weight is 323 g/mol. The quantitative estimate of drug-likeness (QED) is 0.628. The molecule has 0 bridgehead atoms. The van der Waals surface area contributed by atoms with E-state index in [4.69, 9.17) is 4.74 Å². The monoisotopic (exact) mass is 323 g/mol. The lowest BCUT2D eigenvalue weighted by Gasteiger charge is -2.31. The minimum atomic E-state index is -1.31. The van der Waals surface area contributed by atoms with Crippen LogP contribution in [0.2, 0.25) is 0 Å². The van der Waals surface area contributed by atoms with Gasteiger partial charge in [0, 0.05) is 5.69 Å². The van der Waals surface area contributed by atoms with Gasteiger partial charge in [0.2, 0.25) is 5.91 Å². The number of aryl methyl sites for hydroxylation is 1. The van der Waals surface area contributed by atoms with Crippen LogP contribution in [-0.4, -0.2) is 30.3 Å². The van der Waals surface area contributed by atoms with Crippen molar-refractivity contribution < 1.29 is 19.1 Å². The fraction of sp³-hybridized carbons (Fsp3) is 0.316. The topological polar surface area (TPSA) is 63.7 Å². The lowest BCUT2D eigenvalue weighted by molar-refractivity contribution is -0.152. The van der Waals surface area contributed by atoms with Gasteiger partial charge in [0.25, 0.3) is 0 Å². The SMILES string of the molecule is CCOC(=O)C1C(=O)C2CCc3c(ccc4ccccc34)N2C1=O. The summed E-state index contributed by atoms with van der Waals surface area (Å²) < 4.78 is 4.92. The van der Waals surface area contributed by atoms with Gasteiger partial charge in [-0.2, -0.15) is 0 Å². The largest absolute Gasteiger partial charge is 0.465 e. The second kappa shape index (κ2) is 5.44. The van der Waals surface area contributed by atoms with E-state index in [9.17, 15) is 14.4 Å². The number of Topliss-reactive ketones (excluding diaryl/α,β-unsaturated/α-hetero) is 1. The van der Waals surface area contributed by atoms with Gasteiger partial charge in [0.1, 0.15) is 0 Å². The van der Waals surface area contributed by atoms with Crippen LogP contribution in [0.25, 0.3) is 10.8 Å². The van der Waals surface area contributed by atoms with E-state index in [1.807, 2.05) is 36.4 Å². The number of fused-ring (bicyclic) bond motifs is 5. The highest BCUT2D eigenvalue weighted by Crippen LogP contribution is 2.40. The fourth-order valence-corrected chi connectivity index (χ4v) is 3.83. The van der Waals surface area contributed by atoms with E-state index in [1.165, 1.54) is 4.90 Å². The molecule has 2 aliphatic rings. The molecule has 0 spiro atoms. The van der Waals surface area contributed by atoms with Gasteiger partial charge in [0.15, 0.2) is 11.7 Å². The summed E-state index contributed by atoms with van der Waals surface area (Å²) in [6, 6.07) is 11.3. The molecule has 2 heterocycles. The Labute approximate surface area is 139 Å². The Kier molecular flexibility index (Phi) is 3.37. The predicted octanol–water partition coefficient (Wildman–Crippen LogP) is 2.25. The number of amides is 1. The van der Waals surface area contributed by atoms with Crippen LogP contribution >= 0.6 is 0 Å². The van der Waals surface area contributed by atoms with E-state index in [-0.39, 0.29) is 12.4 Å². The Hall–Kier alpha value is -2.69. The Balaban J connectivity index is 1.81. The number of ether oxygens (including phenoxy) is 1. The zero-order valence-corrected chi connectivity index (χ0v) is 13.3. The van der Waals surface area contributed by atoms with Crippen molar-refractivity contribution >= 4 is 34.1 Å². The molecule has 2 unspecified atom stereocenters. The number of rotatable bonds is 2. The summed E-state index contributed by atoms with van der Waals surface area (Å²) in [5.74, 6) is -2.84. The number of hydrogen-bond donors (Lipinski definition) is 0. The molecule has 0 N–H and O–H groups in total. The van der Waals surface area contributed by atoms with Crippen LogP contribution in [-0.2, 0) is 25.5 Å². The van der Waals surface area contributed by atoms with Crippen molar-refractivity contribution in [1.29, 1.82) is 0 Å². The van der Waals surface area contributed by atoms with Crippen LogP contribution in [0.1, 0.15) is 18.9 Å². The molecule has 4 rings (SSSR count). The maximum atomic E-state index is 12.8. The molecule has 24 heavy (non-hydrogen) atoms. The molecule has 0 radical (unpaired) electrons. The summed E-state index contributed by atoms with van der Waals surface area (Å²) in [6.45, 7) is 1.82. The van der Waals surface area contributed by atoms with Gasteiger partial charge in [-0.3, -0.25) is 14.4 Å². The molecule has 2 aromatic rings. The Morgan fingerprint density at radius 2 is 2.00 bits per heavy atom. The normalized spacial score (nSPS) is 22.5. The number of benzene rings is 2.